The number of nitrogens with one attached hydrogen (secondary N) is 6. The minimum absolute atomic E-state index is 0.0278. The average Bonchev–Trinajstić information content (AvgIpc) is 4.09. The second-order valence-electron chi connectivity index (χ2n) is 18.7. The van der Waals surface area contributed by atoms with Crippen LogP contribution in [0.4, 0.5) is 10.2 Å². The number of aryl methyl sites for hydroxylation is 1. The molecule has 0 fully saturated rings. The molecule has 0 unspecified atom stereocenters. The van der Waals surface area contributed by atoms with Crippen molar-refractivity contribution in [3.8, 4) is 11.4 Å². The van der Waals surface area contributed by atoms with Crippen molar-refractivity contribution in [3.05, 3.63) is 128 Å². The van der Waals surface area contributed by atoms with Crippen LogP contribution in [0.5, 0.6) is 0 Å². The van der Waals surface area contributed by atoms with Gasteiger partial charge in [0.05, 0.1) is 55.5 Å². The molecular formula is C53H51FN10O12S. The van der Waals surface area contributed by atoms with Crippen LogP contribution in [0.1, 0.15) is 70.3 Å². The Morgan fingerprint density at radius 3 is 2.32 bits per heavy atom. The molecule has 9 rings (SSSR count). The summed E-state index contributed by atoms with van der Waals surface area (Å²) in [6.07, 6.45) is 4.30. The fourth-order valence-corrected chi connectivity index (χ4v) is 10.1. The molecule has 77 heavy (non-hydrogen) atoms. The first-order chi connectivity index (χ1) is 36.9. The lowest BCUT2D eigenvalue weighted by molar-refractivity contribution is -0.172. The van der Waals surface area contributed by atoms with Crippen molar-refractivity contribution >= 4 is 82.2 Å². The standard InChI is InChI=1S/C53H51FN10O12S/c1-3-53(74)33-17-38-49-31(23-63(38)51(77)32(33)24-76-52(53)73)48-35(11-10-30-27(2)34(54)18-36(62-49)47(30)48)60-44(69)25-75-26-59-42(67)21-58-50(72)37(15-28-7-5-4-6-8-28)61-43(68)22-57-41(66)20-56-40(65)16-29-9-12-39(55-19-29)64-45(70)13-14-46(64)71/h4-9,12-14,17-19,35,37,74H,3,10-11,15-16,20-26H2,1-2H3,(H,56,65)(H,57,66)(H,58,72)(H,59,67)(H,60,69)(H,61,68)/t35-,37+,53+/m1/s1. The number of aliphatic hydroxyl groups is 1. The highest BCUT2D eigenvalue weighted by Gasteiger charge is 2.45. The van der Waals surface area contributed by atoms with E-state index in [0.717, 1.165) is 33.7 Å². The number of ether oxygens (including phenoxy) is 2. The Morgan fingerprint density at radius 1 is 0.883 bits per heavy atom. The molecule has 4 aliphatic rings. The number of halogens is 1. The van der Waals surface area contributed by atoms with Gasteiger partial charge in [0.15, 0.2) is 5.60 Å². The summed E-state index contributed by atoms with van der Waals surface area (Å²) in [6.45, 7) is 1.08. The average molecular weight is 1070 g/mol. The van der Waals surface area contributed by atoms with Gasteiger partial charge in [-0.2, -0.15) is 0 Å². The first-order valence-corrected chi connectivity index (χ1v) is 25.0. The Labute approximate surface area is 443 Å². The molecule has 3 aromatic heterocycles. The largest absolute Gasteiger partial charge is 0.458 e. The van der Waals surface area contributed by atoms with Crippen molar-refractivity contribution in [1.29, 1.82) is 0 Å². The van der Waals surface area contributed by atoms with E-state index < -0.39 is 110 Å². The van der Waals surface area contributed by atoms with Gasteiger partial charge < -0.3 is 51.0 Å². The van der Waals surface area contributed by atoms with E-state index in [1.165, 1.54) is 24.4 Å². The molecule has 24 heteroatoms. The van der Waals surface area contributed by atoms with E-state index in [1.54, 1.807) is 50.2 Å². The van der Waals surface area contributed by atoms with E-state index in [9.17, 15) is 48.3 Å². The number of fused-ring (bicyclic) bond motifs is 5. The third-order valence-corrected chi connectivity index (χ3v) is 14.2. The number of aromatic nitrogens is 3. The molecule has 1 aliphatic carbocycles. The normalized spacial score (nSPS) is 17.2. The number of esters is 1. The van der Waals surface area contributed by atoms with E-state index in [4.69, 9.17) is 26.7 Å². The van der Waals surface area contributed by atoms with E-state index >= 15 is 4.39 Å². The zero-order valence-corrected chi connectivity index (χ0v) is 42.4. The van der Waals surface area contributed by atoms with Crippen LogP contribution in [0, 0.1) is 17.4 Å². The lowest BCUT2D eigenvalue weighted by atomic mass is 9.81. The van der Waals surface area contributed by atoms with Crippen molar-refractivity contribution in [3.63, 3.8) is 0 Å². The van der Waals surface area contributed by atoms with Crippen LogP contribution in [-0.4, -0.2) is 112 Å². The molecule has 0 saturated heterocycles. The van der Waals surface area contributed by atoms with Crippen molar-refractivity contribution < 1.29 is 62.1 Å². The van der Waals surface area contributed by atoms with Gasteiger partial charge in [-0.05, 0) is 66.1 Å². The SMILES string of the molecule is CC[C@@]1(O)C(=O)OCc2c1cc1n(c2=S)Cc2c-1nc1cc(F)c(C)c3c1c2[C@H](NC(=O)COCNC(=O)CNC(=O)[C@H](Cc1ccccc1)NC(=O)CNC(=O)CNC(=O)Cc1ccc(N2C(=O)C=CC2=O)nc1)CC3. The first kappa shape index (κ1) is 53.2. The quantitative estimate of drug-likeness (QED) is 0.0197. The van der Waals surface area contributed by atoms with Gasteiger partial charge in [-0.25, -0.2) is 24.1 Å². The molecule has 22 nitrogen and oxygen atoms in total. The maximum absolute atomic E-state index is 15.4. The summed E-state index contributed by atoms with van der Waals surface area (Å²) in [5, 5.41) is 27.5. The molecule has 6 heterocycles. The molecule has 0 bridgehead atoms. The molecule has 0 spiro atoms. The zero-order chi connectivity index (χ0) is 54.7. The van der Waals surface area contributed by atoms with Gasteiger partial charge in [-0.15, -0.1) is 0 Å². The number of imide groups is 1. The summed E-state index contributed by atoms with van der Waals surface area (Å²) >= 11 is 5.91. The summed E-state index contributed by atoms with van der Waals surface area (Å²) in [5.41, 5.74) is 4.15. The van der Waals surface area contributed by atoms with Crippen LogP contribution in [0.15, 0.2) is 72.9 Å². The Hall–Kier alpha value is -8.61. The fourth-order valence-electron chi connectivity index (χ4n) is 9.82. The number of hydrogen-bond donors (Lipinski definition) is 7. The lowest BCUT2D eigenvalue weighted by Gasteiger charge is -2.32. The Morgan fingerprint density at radius 2 is 1.60 bits per heavy atom. The molecule has 0 saturated carbocycles. The lowest BCUT2D eigenvalue weighted by Crippen LogP contribution is -2.52. The monoisotopic (exact) mass is 1070 g/mol. The van der Waals surface area contributed by atoms with E-state index in [1.807, 2.05) is 4.57 Å². The Kier molecular flexibility index (Phi) is 15.4. The fraction of sp³-hybridized carbons (Fsp3) is 0.321. The highest BCUT2D eigenvalue weighted by atomic mass is 32.1. The van der Waals surface area contributed by atoms with Gasteiger partial charge in [0, 0.05) is 52.9 Å². The molecule has 3 aliphatic heterocycles. The molecule has 8 amide bonds. The maximum atomic E-state index is 15.4. The molecule has 398 valence electrons. The third kappa shape index (κ3) is 11.1. The molecule has 3 atom stereocenters. The summed E-state index contributed by atoms with van der Waals surface area (Å²) in [5.74, 6) is -6.08. The van der Waals surface area contributed by atoms with Crippen LogP contribution in [0.25, 0.3) is 22.3 Å². The number of hydrogen-bond acceptors (Lipinski definition) is 15. The maximum Gasteiger partial charge on any atom is 0.343 e. The summed E-state index contributed by atoms with van der Waals surface area (Å²) < 4.78 is 28.5. The number of amides is 8. The second kappa shape index (κ2) is 22.3. The summed E-state index contributed by atoms with van der Waals surface area (Å²) in [7, 11) is 0. The van der Waals surface area contributed by atoms with Crippen molar-refractivity contribution in [1.82, 2.24) is 46.4 Å². The number of carbonyl (C=O) groups is 9. The Bertz CT molecular complexity index is 3390. The van der Waals surface area contributed by atoms with Gasteiger partial charge in [-0.1, -0.05) is 55.5 Å². The van der Waals surface area contributed by atoms with Gasteiger partial charge in [0.25, 0.3) is 11.8 Å². The minimum atomic E-state index is -1.92. The topological polar surface area (TPSA) is 298 Å². The zero-order valence-electron chi connectivity index (χ0n) is 41.6. The number of benzene rings is 2. The van der Waals surface area contributed by atoms with Crippen LogP contribution in [0.2, 0.25) is 0 Å². The molecule has 0 radical (unpaired) electrons. The Balaban J connectivity index is 0.753. The predicted octanol–water partition coefficient (Wildman–Crippen LogP) is 1.23. The van der Waals surface area contributed by atoms with Crippen LogP contribution in [0.3, 0.4) is 0 Å². The summed E-state index contributed by atoms with van der Waals surface area (Å²) in [6, 6.07) is 13.0. The van der Waals surface area contributed by atoms with Crippen LogP contribution < -0.4 is 36.8 Å². The van der Waals surface area contributed by atoms with Gasteiger partial charge >= 0.3 is 5.97 Å². The molecular weight excluding hydrogens is 1020 g/mol. The van der Waals surface area contributed by atoms with Gasteiger partial charge in [-0.3, -0.25) is 38.4 Å². The van der Waals surface area contributed by atoms with Crippen LogP contribution >= 0.6 is 12.2 Å². The molecule has 5 aromatic rings. The number of carbonyl (C=O) groups excluding carboxylic acids is 9. The van der Waals surface area contributed by atoms with Crippen LogP contribution in [-0.2, 0) is 90.6 Å². The number of pyridine rings is 3. The number of cyclic esters (lactones) is 1. The highest BCUT2D eigenvalue weighted by molar-refractivity contribution is 7.71. The number of anilines is 1. The molecule has 2 aromatic carbocycles. The summed E-state index contributed by atoms with van der Waals surface area (Å²) in [4.78, 5) is 124. The number of nitrogens with zero attached hydrogens (tertiary/aromatic N) is 4. The van der Waals surface area contributed by atoms with Crippen molar-refractivity contribution in [2.24, 2.45) is 0 Å². The minimum Gasteiger partial charge on any atom is -0.458 e. The number of rotatable bonds is 19. The van der Waals surface area contributed by atoms with Crippen molar-refractivity contribution in [2.75, 3.05) is 37.9 Å². The molecule has 7 N–H and O–H groups in total. The smallest absolute Gasteiger partial charge is 0.343 e. The predicted molar refractivity (Wildman–Crippen MR) is 273 cm³/mol. The van der Waals surface area contributed by atoms with Gasteiger partial charge in [0.1, 0.15) is 42.3 Å². The van der Waals surface area contributed by atoms with Gasteiger partial charge in [0.2, 0.25) is 35.4 Å². The van der Waals surface area contributed by atoms with E-state index in [0.29, 0.717) is 67.6 Å². The second-order valence-corrected chi connectivity index (χ2v) is 19.1. The first-order valence-electron chi connectivity index (χ1n) is 24.5. The highest BCUT2D eigenvalue weighted by Crippen LogP contribution is 2.47. The van der Waals surface area contributed by atoms with E-state index in [2.05, 4.69) is 36.9 Å². The van der Waals surface area contributed by atoms with Crippen molar-refractivity contribution in [2.45, 2.75) is 76.8 Å². The van der Waals surface area contributed by atoms with E-state index in [-0.39, 0.29) is 38.2 Å². The third-order valence-electron chi connectivity index (χ3n) is 13.8.